The average Bonchev–Trinajstić information content (AvgIpc) is 2.82. The smallest absolute Gasteiger partial charge is 0.179 e. The first-order valence-electron chi connectivity index (χ1n) is 6.32. The van der Waals surface area contributed by atoms with E-state index in [0.717, 1.165) is 5.56 Å². The Labute approximate surface area is 102 Å². The van der Waals surface area contributed by atoms with E-state index in [-0.39, 0.29) is 11.8 Å². The van der Waals surface area contributed by atoms with E-state index in [1.807, 2.05) is 6.92 Å². The number of hydrogen-bond donors (Lipinski definition) is 2. The van der Waals surface area contributed by atoms with Gasteiger partial charge in [0.2, 0.25) is 0 Å². The number of carbonyl (C=O) groups is 1. The maximum Gasteiger partial charge on any atom is 0.179 e. The zero-order valence-corrected chi connectivity index (χ0v) is 10.3. The maximum atomic E-state index is 12.1. The SMILES string of the molecule is CC(NC1CCCC1)C(=O)c1ccc(N)cc1. The predicted octanol–water partition coefficient (Wildman–Crippen LogP) is 2.37. The summed E-state index contributed by atoms with van der Waals surface area (Å²) in [5.41, 5.74) is 7.03. The van der Waals surface area contributed by atoms with Crippen molar-refractivity contribution in [1.82, 2.24) is 5.32 Å². The van der Waals surface area contributed by atoms with Gasteiger partial charge in [-0.1, -0.05) is 12.8 Å². The van der Waals surface area contributed by atoms with E-state index in [2.05, 4.69) is 5.32 Å². The fourth-order valence-electron chi connectivity index (χ4n) is 2.42. The molecule has 0 saturated heterocycles. The van der Waals surface area contributed by atoms with Crippen LogP contribution >= 0.6 is 0 Å². The molecular weight excluding hydrogens is 212 g/mol. The minimum atomic E-state index is -0.110. The molecule has 0 aliphatic heterocycles. The molecule has 1 aromatic carbocycles. The van der Waals surface area contributed by atoms with Gasteiger partial charge in [-0.15, -0.1) is 0 Å². The van der Waals surface area contributed by atoms with Crippen molar-refractivity contribution in [3.05, 3.63) is 29.8 Å². The van der Waals surface area contributed by atoms with Crippen LogP contribution in [0, 0.1) is 0 Å². The molecule has 0 radical (unpaired) electrons. The monoisotopic (exact) mass is 232 g/mol. The number of carbonyl (C=O) groups excluding carboxylic acids is 1. The van der Waals surface area contributed by atoms with Crippen LogP contribution in [0.4, 0.5) is 5.69 Å². The van der Waals surface area contributed by atoms with Crippen LogP contribution < -0.4 is 11.1 Å². The van der Waals surface area contributed by atoms with Gasteiger partial charge < -0.3 is 11.1 Å². The third kappa shape index (κ3) is 3.07. The van der Waals surface area contributed by atoms with E-state index in [4.69, 9.17) is 5.73 Å². The Morgan fingerprint density at radius 1 is 1.29 bits per heavy atom. The number of hydrogen-bond acceptors (Lipinski definition) is 3. The number of benzene rings is 1. The summed E-state index contributed by atoms with van der Waals surface area (Å²) in [6.45, 7) is 1.94. The van der Waals surface area contributed by atoms with Crippen molar-refractivity contribution in [3.8, 4) is 0 Å². The third-order valence-electron chi connectivity index (χ3n) is 3.43. The molecule has 0 amide bonds. The summed E-state index contributed by atoms with van der Waals surface area (Å²) in [7, 11) is 0. The lowest BCUT2D eigenvalue weighted by molar-refractivity contribution is 0.0944. The molecule has 0 heterocycles. The molecule has 1 aliphatic rings. The van der Waals surface area contributed by atoms with Crippen molar-refractivity contribution in [1.29, 1.82) is 0 Å². The molecule has 2 rings (SSSR count). The standard InChI is InChI=1S/C14H20N2O/c1-10(16-13-4-2-3-5-13)14(17)11-6-8-12(15)9-7-11/h6-10,13,16H,2-5,15H2,1H3. The van der Waals surface area contributed by atoms with E-state index in [9.17, 15) is 4.79 Å². The summed E-state index contributed by atoms with van der Waals surface area (Å²) < 4.78 is 0. The van der Waals surface area contributed by atoms with Crippen molar-refractivity contribution in [2.75, 3.05) is 5.73 Å². The first kappa shape index (κ1) is 12.1. The lowest BCUT2D eigenvalue weighted by Gasteiger charge is -2.18. The third-order valence-corrected chi connectivity index (χ3v) is 3.43. The molecule has 0 spiro atoms. The van der Waals surface area contributed by atoms with Crippen LogP contribution in [0.25, 0.3) is 0 Å². The molecule has 3 N–H and O–H groups in total. The molecule has 1 aliphatic carbocycles. The zero-order chi connectivity index (χ0) is 12.3. The van der Waals surface area contributed by atoms with E-state index in [1.54, 1.807) is 24.3 Å². The van der Waals surface area contributed by atoms with Gasteiger partial charge in [-0.25, -0.2) is 0 Å². The highest BCUT2D eigenvalue weighted by Crippen LogP contribution is 2.18. The topological polar surface area (TPSA) is 55.1 Å². The fraction of sp³-hybridized carbons (Fsp3) is 0.500. The van der Waals surface area contributed by atoms with Gasteiger partial charge in [-0.05, 0) is 44.0 Å². The van der Waals surface area contributed by atoms with Gasteiger partial charge in [0.05, 0.1) is 6.04 Å². The highest BCUT2D eigenvalue weighted by atomic mass is 16.1. The van der Waals surface area contributed by atoms with E-state index >= 15 is 0 Å². The van der Waals surface area contributed by atoms with Crippen LogP contribution in [0.15, 0.2) is 24.3 Å². The molecule has 1 saturated carbocycles. The Hall–Kier alpha value is -1.35. The quantitative estimate of drug-likeness (QED) is 0.619. The van der Waals surface area contributed by atoms with Crippen LogP contribution in [0.2, 0.25) is 0 Å². The van der Waals surface area contributed by atoms with Crippen molar-refractivity contribution in [2.24, 2.45) is 0 Å². The number of nitrogen functional groups attached to an aromatic ring is 1. The van der Waals surface area contributed by atoms with Crippen molar-refractivity contribution in [2.45, 2.75) is 44.7 Å². The van der Waals surface area contributed by atoms with Gasteiger partial charge in [0.1, 0.15) is 0 Å². The lowest BCUT2D eigenvalue weighted by Crippen LogP contribution is -2.40. The van der Waals surface area contributed by atoms with Gasteiger partial charge in [0.25, 0.3) is 0 Å². The number of nitrogens with two attached hydrogens (primary N) is 1. The van der Waals surface area contributed by atoms with Crippen molar-refractivity contribution >= 4 is 11.5 Å². The molecule has 1 unspecified atom stereocenters. The summed E-state index contributed by atoms with van der Waals surface area (Å²) in [5, 5.41) is 3.41. The number of nitrogens with one attached hydrogen (secondary N) is 1. The molecule has 3 nitrogen and oxygen atoms in total. The van der Waals surface area contributed by atoms with Crippen molar-refractivity contribution in [3.63, 3.8) is 0 Å². The molecule has 1 fully saturated rings. The lowest BCUT2D eigenvalue weighted by atomic mass is 10.0. The van der Waals surface area contributed by atoms with E-state index < -0.39 is 0 Å². The molecule has 17 heavy (non-hydrogen) atoms. The molecule has 1 aromatic rings. The van der Waals surface area contributed by atoms with Crippen LogP contribution in [0.3, 0.4) is 0 Å². The molecule has 1 atom stereocenters. The van der Waals surface area contributed by atoms with Gasteiger partial charge in [-0.3, -0.25) is 4.79 Å². The second-order valence-corrected chi connectivity index (χ2v) is 4.86. The zero-order valence-electron chi connectivity index (χ0n) is 10.3. The molecule has 92 valence electrons. The number of rotatable bonds is 4. The Morgan fingerprint density at radius 2 is 1.88 bits per heavy atom. The van der Waals surface area contributed by atoms with Crippen LogP contribution in [0.1, 0.15) is 43.0 Å². The second kappa shape index (κ2) is 5.32. The number of ketones is 1. The van der Waals surface area contributed by atoms with E-state index in [0.29, 0.717) is 11.7 Å². The van der Waals surface area contributed by atoms with Gasteiger partial charge in [-0.2, -0.15) is 0 Å². The molecule has 3 heteroatoms. The van der Waals surface area contributed by atoms with Crippen LogP contribution in [0.5, 0.6) is 0 Å². The molecule has 0 bridgehead atoms. The molecular formula is C14H20N2O. The first-order valence-corrected chi connectivity index (χ1v) is 6.32. The van der Waals surface area contributed by atoms with E-state index in [1.165, 1.54) is 25.7 Å². The number of Topliss-reactive ketones (excluding diaryl/α,β-unsaturated/α-hetero) is 1. The van der Waals surface area contributed by atoms with Gasteiger partial charge >= 0.3 is 0 Å². The highest BCUT2D eigenvalue weighted by molar-refractivity contribution is 6.00. The minimum absolute atomic E-state index is 0.110. The Kier molecular flexibility index (Phi) is 3.79. The minimum Gasteiger partial charge on any atom is -0.399 e. The normalized spacial score (nSPS) is 18.2. The van der Waals surface area contributed by atoms with Crippen molar-refractivity contribution < 1.29 is 4.79 Å². The Balaban J connectivity index is 1.96. The number of anilines is 1. The second-order valence-electron chi connectivity index (χ2n) is 4.86. The largest absolute Gasteiger partial charge is 0.399 e. The summed E-state index contributed by atoms with van der Waals surface area (Å²) in [5.74, 6) is 0.150. The summed E-state index contributed by atoms with van der Waals surface area (Å²) in [6.07, 6.45) is 4.94. The first-order chi connectivity index (χ1) is 8.16. The fourth-order valence-corrected chi connectivity index (χ4v) is 2.42. The Morgan fingerprint density at radius 3 is 2.47 bits per heavy atom. The molecule has 0 aromatic heterocycles. The summed E-state index contributed by atoms with van der Waals surface area (Å²) in [6, 6.07) is 7.55. The summed E-state index contributed by atoms with van der Waals surface area (Å²) in [4.78, 5) is 12.1. The van der Waals surface area contributed by atoms with Crippen LogP contribution in [-0.4, -0.2) is 17.9 Å². The average molecular weight is 232 g/mol. The van der Waals surface area contributed by atoms with Gasteiger partial charge in [0, 0.05) is 17.3 Å². The van der Waals surface area contributed by atoms with Gasteiger partial charge in [0.15, 0.2) is 5.78 Å². The van der Waals surface area contributed by atoms with Crippen LogP contribution in [-0.2, 0) is 0 Å². The Bertz CT molecular complexity index is 380. The highest BCUT2D eigenvalue weighted by Gasteiger charge is 2.21. The predicted molar refractivity (Wildman–Crippen MR) is 70.0 cm³/mol. The summed E-state index contributed by atoms with van der Waals surface area (Å²) >= 11 is 0. The maximum absolute atomic E-state index is 12.1.